The Kier molecular flexibility index (Phi) is 5.17. The second-order valence-corrected chi connectivity index (χ2v) is 5.50. The number of hydrogen-bond donors (Lipinski definition) is 1. The fourth-order valence-electron chi connectivity index (χ4n) is 1.70. The van der Waals surface area contributed by atoms with Gasteiger partial charge < -0.3 is 10.1 Å². The summed E-state index contributed by atoms with van der Waals surface area (Å²) in [5.74, 6) is 0.175. The molecule has 2 aromatic carbocycles. The molecule has 0 saturated carbocycles. The molecule has 5 heteroatoms. The molecule has 0 radical (unpaired) electrons. The zero-order valence-electron chi connectivity index (χ0n) is 10.9. The van der Waals surface area contributed by atoms with Crippen molar-refractivity contribution in [2.45, 2.75) is 20.1 Å². The number of ether oxygens (including phenoxy) is 1. The van der Waals surface area contributed by atoms with Gasteiger partial charge in [-0.25, -0.2) is 0 Å². The van der Waals surface area contributed by atoms with Crippen LogP contribution in [-0.2, 0) is 6.54 Å². The Morgan fingerprint density at radius 1 is 1.15 bits per heavy atom. The molecule has 1 N–H and O–H groups in total. The smallest absolute Gasteiger partial charge is 0.387 e. The largest absolute Gasteiger partial charge is 0.435 e. The quantitative estimate of drug-likeness (QED) is 0.741. The minimum absolute atomic E-state index is 0.175. The highest BCUT2D eigenvalue weighted by Gasteiger charge is 2.03. The SMILES string of the molecule is Cc1ccc(NCc2ccc(OC(F)F)cc2)cc1I. The Labute approximate surface area is 130 Å². The van der Waals surface area contributed by atoms with Gasteiger partial charge in [-0.15, -0.1) is 0 Å². The normalized spacial score (nSPS) is 10.7. The molecule has 0 aromatic heterocycles. The number of anilines is 1. The maximum atomic E-state index is 12.0. The average Bonchev–Trinajstić information content (AvgIpc) is 2.41. The number of benzene rings is 2. The van der Waals surface area contributed by atoms with Crippen molar-refractivity contribution in [1.29, 1.82) is 0 Å². The lowest BCUT2D eigenvalue weighted by Gasteiger charge is -2.09. The molecular weight excluding hydrogens is 375 g/mol. The Morgan fingerprint density at radius 2 is 1.85 bits per heavy atom. The van der Waals surface area contributed by atoms with Gasteiger partial charge in [0.2, 0.25) is 0 Å². The highest BCUT2D eigenvalue weighted by molar-refractivity contribution is 14.1. The number of halogens is 3. The summed E-state index contributed by atoms with van der Waals surface area (Å²) in [7, 11) is 0. The Balaban J connectivity index is 1.95. The zero-order valence-corrected chi connectivity index (χ0v) is 13.0. The first-order chi connectivity index (χ1) is 9.54. The molecule has 0 fully saturated rings. The minimum Gasteiger partial charge on any atom is -0.435 e. The van der Waals surface area contributed by atoms with E-state index in [9.17, 15) is 8.78 Å². The lowest BCUT2D eigenvalue weighted by Crippen LogP contribution is -2.03. The lowest BCUT2D eigenvalue weighted by atomic mass is 10.2. The Morgan fingerprint density at radius 3 is 2.45 bits per heavy atom. The molecule has 0 amide bonds. The van der Waals surface area contributed by atoms with Crippen molar-refractivity contribution in [1.82, 2.24) is 0 Å². The van der Waals surface area contributed by atoms with Crippen LogP contribution in [0.15, 0.2) is 42.5 Å². The number of alkyl halides is 2. The van der Waals surface area contributed by atoms with Crippen molar-refractivity contribution in [2.75, 3.05) is 5.32 Å². The summed E-state index contributed by atoms with van der Waals surface area (Å²) >= 11 is 2.29. The molecule has 0 unspecified atom stereocenters. The predicted molar refractivity (Wildman–Crippen MR) is 84.3 cm³/mol. The van der Waals surface area contributed by atoms with E-state index in [4.69, 9.17) is 0 Å². The van der Waals surface area contributed by atoms with Gasteiger partial charge in [-0.2, -0.15) is 8.78 Å². The molecule has 106 valence electrons. The predicted octanol–water partition coefficient (Wildman–Crippen LogP) is 4.81. The minimum atomic E-state index is -2.78. The van der Waals surface area contributed by atoms with Gasteiger partial charge in [0.25, 0.3) is 0 Å². The van der Waals surface area contributed by atoms with E-state index in [1.165, 1.54) is 9.13 Å². The molecular formula is C15H14F2INO. The van der Waals surface area contributed by atoms with E-state index >= 15 is 0 Å². The molecule has 0 bridgehead atoms. The Bertz CT molecular complexity index is 573. The molecule has 2 aromatic rings. The fraction of sp³-hybridized carbons (Fsp3) is 0.200. The van der Waals surface area contributed by atoms with E-state index in [1.54, 1.807) is 24.3 Å². The summed E-state index contributed by atoms with van der Waals surface area (Å²) in [6.07, 6.45) is 0. The van der Waals surface area contributed by atoms with Crippen LogP contribution in [0.5, 0.6) is 5.75 Å². The highest BCUT2D eigenvalue weighted by Crippen LogP contribution is 2.19. The maximum Gasteiger partial charge on any atom is 0.387 e. The first-order valence-electron chi connectivity index (χ1n) is 6.08. The van der Waals surface area contributed by atoms with Crippen LogP contribution in [-0.4, -0.2) is 6.61 Å². The Hall–Kier alpha value is -1.37. The fourth-order valence-corrected chi connectivity index (χ4v) is 2.21. The van der Waals surface area contributed by atoms with Crippen LogP contribution in [0.2, 0.25) is 0 Å². The van der Waals surface area contributed by atoms with Crippen LogP contribution in [0.4, 0.5) is 14.5 Å². The lowest BCUT2D eigenvalue weighted by molar-refractivity contribution is -0.0498. The number of aryl methyl sites for hydroxylation is 1. The molecule has 2 rings (SSSR count). The van der Waals surface area contributed by atoms with Crippen LogP contribution in [0.3, 0.4) is 0 Å². The van der Waals surface area contributed by atoms with Gasteiger partial charge in [0.1, 0.15) is 5.75 Å². The third-order valence-electron chi connectivity index (χ3n) is 2.82. The molecule has 2 nitrogen and oxygen atoms in total. The molecule has 0 atom stereocenters. The van der Waals surface area contributed by atoms with Crippen molar-refractivity contribution < 1.29 is 13.5 Å². The monoisotopic (exact) mass is 389 g/mol. The standard InChI is InChI=1S/C15H14F2INO/c1-10-2-5-12(8-14(10)18)19-9-11-3-6-13(7-4-11)20-15(16)17/h2-8,15,19H,9H2,1H3. The number of rotatable bonds is 5. The van der Waals surface area contributed by atoms with Gasteiger partial charge in [0, 0.05) is 15.8 Å². The summed E-state index contributed by atoms with van der Waals surface area (Å²) in [6.45, 7) is -0.0879. The van der Waals surface area contributed by atoms with Gasteiger partial charge in [-0.05, 0) is 64.9 Å². The van der Waals surface area contributed by atoms with Crippen LogP contribution in [0.1, 0.15) is 11.1 Å². The first kappa shape index (κ1) is 15.0. The van der Waals surface area contributed by atoms with Crippen molar-refractivity contribution in [2.24, 2.45) is 0 Å². The van der Waals surface area contributed by atoms with Gasteiger partial charge >= 0.3 is 6.61 Å². The highest BCUT2D eigenvalue weighted by atomic mass is 127. The van der Waals surface area contributed by atoms with Gasteiger partial charge in [0.15, 0.2) is 0 Å². The van der Waals surface area contributed by atoms with Crippen molar-refractivity contribution >= 4 is 28.3 Å². The summed E-state index contributed by atoms with van der Waals surface area (Å²) in [6, 6.07) is 12.8. The van der Waals surface area contributed by atoms with Gasteiger partial charge in [-0.3, -0.25) is 0 Å². The van der Waals surface area contributed by atoms with Crippen LogP contribution in [0, 0.1) is 10.5 Å². The third-order valence-corrected chi connectivity index (χ3v) is 3.98. The molecule has 0 heterocycles. The second kappa shape index (κ2) is 6.88. The second-order valence-electron chi connectivity index (χ2n) is 4.34. The van der Waals surface area contributed by atoms with Crippen LogP contribution in [0.25, 0.3) is 0 Å². The molecule has 0 aliphatic rings. The average molecular weight is 389 g/mol. The van der Waals surface area contributed by atoms with E-state index in [0.717, 1.165) is 11.3 Å². The van der Waals surface area contributed by atoms with Gasteiger partial charge in [-0.1, -0.05) is 18.2 Å². The number of hydrogen-bond acceptors (Lipinski definition) is 2. The van der Waals surface area contributed by atoms with E-state index in [1.807, 2.05) is 6.07 Å². The maximum absolute atomic E-state index is 12.0. The van der Waals surface area contributed by atoms with Crippen molar-refractivity contribution in [3.05, 3.63) is 57.2 Å². The summed E-state index contributed by atoms with van der Waals surface area (Å²) < 4.78 is 29.6. The molecule has 0 aliphatic heterocycles. The zero-order chi connectivity index (χ0) is 14.5. The van der Waals surface area contributed by atoms with E-state index in [0.29, 0.717) is 6.54 Å². The van der Waals surface area contributed by atoms with Crippen LogP contribution >= 0.6 is 22.6 Å². The summed E-state index contributed by atoms with van der Waals surface area (Å²) in [4.78, 5) is 0. The van der Waals surface area contributed by atoms with Gasteiger partial charge in [0.05, 0.1) is 0 Å². The van der Waals surface area contributed by atoms with E-state index in [2.05, 4.69) is 51.7 Å². The first-order valence-corrected chi connectivity index (χ1v) is 7.16. The van der Waals surface area contributed by atoms with E-state index in [-0.39, 0.29) is 5.75 Å². The summed E-state index contributed by atoms with van der Waals surface area (Å²) in [5.41, 5.74) is 3.28. The van der Waals surface area contributed by atoms with Crippen LogP contribution < -0.4 is 10.1 Å². The van der Waals surface area contributed by atoms with Crippen molar-refractivity contribution in [3.63, 3.8) is 0 Å². The topological polar surface area (TPSA) is 21.3 Å². The summed E-state index contributed by atoms with van der Waals surface area (Å²) in [5, 5.41) is 3.30. The third kappa shape index (κ3) is 4.33. The molecule has 0 spiro atoms. The van der Waals surface area contributed by atoms with Crippen molar-refractivity contribution in [3.8, 4) is 5.75 Å². The van der Waals surface area contributed by atoms with E-state index < -0.39 is 6.61 Å². The molecule has 0 saturated heterocycles. The molecule has 20 heavy (non-hydrogen) atoms. The number of nitrogens with one attached hydrogen (secondary N) is 1. The molecule has 0 aliphatic carbocycles.